The van der Waals surface area contributed by atoms with Crippen molar-refractivity contribution in [2.75, 3.05) is 32.9 Å². The molecule has 2 bridgehead atoms. The van der Waals surface area contributed by atoms with E-state index >= 15 is 0 Å². The van der Waals surface area contributed by atoms with E-state index in [1.807, 2.05) is 30.3 Å². The molecule has 1 saturated carbocycles. The van der Waals surface area contributed by atoms with E-state index in [2.05, 4.69) is 0 Å². The van der Waals surface area contributed by atoms with Gasteiger partial charge in [-0.05, 0) is 61.4 Å². The minimum atomic E-state index is -4.06. The van der Waals surface area contributed by atoms with Crippen LogP contribution in [0.2, 0.25) is 0 Å². The number of β-amino-alcohol motifs (C(OH)–C–C–N with tert-alkyl or cyclic N) is 1. The molecule has 0 amide bonds. The van der Waals surface area contributed by atoms with Gasteiger partial charge >= 0.3 is 5.97 Å². The number of hydrogen-bond acceptors (Lipinski definition) is 9. The van der Waals surface area contributed by atoms with Crippen molar-refractivity contribution < 1.29 is 42.4 Å². The number of ether oxygens (including phenoxy) is 4. The van der Waals surface area contributed by atoms with Crippen LogP contribution in [0.25, 0.3) is 0 Å². The van der Waals surface area contributed by atoms with Crippen molar-refractivity contribution in [3.05, 3.63) is 65.2 Å². The summed E-state index contributed by atoms with van der Waals surface area (Å²) >= 11 is 0. The van der Waals surface area contributed by atoms with Gasteiger partial charge in [0.1, 0.15) is 6.10 Å². The molecule has 2 aromatic carbocycles. The van der Waals surface area contributed by atoms with E-state index in [1.54, 1.807) is 19.1 Å². The lowest BCUT2D eigenvalue weighted by atomic mass is 9.90. The second-order valence-corrected chi connectivity index (χ2v) is 15.7. The van der Waals surface area contributed by atoms with Crippen LogP contribution in [0.1, 0.15) is 74.7 Å². The maximum atomic E-state index is 14.3. The SMILES string of the molecule is C[C@@H](O)c1ccc2c(c1)COCCCCCCCN(C[C@@H](O)[C@@H](CC(=O)O[C@H]1C3CO[C@H]4OC[C@@H]1C4C3)Cc1ccccc1)S2(=O)=O. The Bertz CT molecular complexity index is 1450. The Kier molecular flexibility index (Phi) is 11.3. The van der Waals surface area contributed by atoms with E-state index in [0.717, 1.165) is 37.7 Å². The Labute approximate surface area is 278 Å². The normalized spacial score (nSPS) is 29.8. The Balaban J connectivity index is 1.23. The smallest absolute Gasteiger partial charge is 0.306 e. The molecule has 8 atom stereocenters. The minimum Gasteiger partial charge on any atom is -0.462 e. The Morgan fingerprint density at radius 1 is 1.00 bits per heavy atom. The average Bonchev–Trinajstić information content (AvgIpc) is 3.59. The molecule has 0 spiro atoms. The third-order valence-electron chi connectivity index (χ3n) is 10.4. The minimum absolute atomic E-state index is 0.0438. The molecule has 10 nitrogen and oxygen atoms in total. The van der Waals surface area contributed by atoms with Gasteiger partial charge in [-0.25, -0.2) is 8.42 Å². The van der Waals surface area contributed by atoms with E-state index in [0.29, 0.717) is 43.8 Å². The molecule has 3 aliphatic heterocycles. The van der Waals surface area contributed by atoms with E-state index in [9.17, 15) is 23.4 Å². The molecule has 0 radical (unpaired) electrons. The number of aliphatic hydroxyl groups excluding tert-OH is 2. The molecule has 0 aromatic heterocycles. The van der Waals surface area contributed by atoms with E-state index < -0.39 is 34.1 Å². The highest BCUT2D eigenvalue weighted by atomic mass is 32.2. The highest BCUT2D eigenvalue weighted by Gasteiger charge is 2.56. The first-order valence-electron chi connectivity index (χ1n) is 17.2. The fourth-order valence-corrected chi connectivity index (χ4v) is 9.44. The third-order valence-corrected chi connectivity index (χ3v) is 12.4. The number of carbonyl (C=O) groups is 1. The molecule has 2 unspecified atom stereocenters. The molecule has 1 aliphatic carbocycles. The monoisotopic (exact) mass is 671 g/mol. The van der Waals surface area contributed by atoms with E-state index in [1.165, 1.54) is 10.4 Å². The van der Waals surface area contributed by atoms with Crippen LogP contribution < -0.4 is 0 Å². The van der Waals surface area contributed by atoms with Crippen LogP contribution in [0.3, 0.4) is 0 Å². The molecular formula is C36H49NO9S. The summed E-state index contributed by atoms with van der Waals surface area (Å²) in [5, 5.41) is 22.0. The van der Waals surface area contributed by atoms with Crippen molar-refractivity contribution >= 4 is 16.0 Å². The quantitative estimate of drug-likeness (QED) is 0.373. The van der Waals surface area contributed by atoms with E-state index in [-0.39, 0.29) is 61.2 Å². The second kappa shape index (κ2) is 15.4. The van der Waals surface area contributed by atoms with Crippen LogP contribution in [-0.2, 0) is 46.8 Å². The van der Waals surface area contributed by atoms with Crippen LogP contribution in [0.15, 0.2) is 53.4 Å². The molecule has 3 heterocycles. The first-order valence-corrected chi connectivity index (χ1v) is 18.7. The van der Waals surface area contributed by atoms with Crippen molar-refractivity contribution in [1.29, 1.82) is 0 Å². The van der Waals surface area contributed by atoms with Gasteiger partial charge in [0, 0.05) is 43.4 Å². The first-order chi connectivity index (χ1) is 22.7. The molecule has 2 aromatic rings. The number of carbonyl (C=O) groups excluding carboxylic acids is 1. The van der Waals surface area contributed by atoms with Crippen LogP contribution in [0, 0.1) is 23.7 Å². The number of hydrogen-bond donors (Lipinski definition) is 2. The summed E-state index contributed by atoms with van der Waals surface area (Å²) in [6.07, 6.45) is 3.22. The molecule has 2 saturated heterocycles. The predicted octanol–water partition coefficient (Wildman–Crippen LogP) is 4.37. The topological polar surface area (TPSA) is 132 Å². The zero-order chi connectivity index (χ0) is 33.0. The summed E-state index contributed by atoms with van der Waals surface area (Å²) < 4.78 is 53.7. The molecule has 6 rings (SSSR count). The summed E-state index contributed by atoms with van der Waals surface area (Å²) in [5.74, 6) is -0.474. The van der Waals surface area contributed by atoms with E-state index in [4.69, 9.17) is 18.9 Å². The molecule has 3 fully saturated rings. The van der Waals surface area contributed by atoms with Crippen LogP contribution in [0.4, 0.5) is 0 Å². The fraction of sp³-hybridized carbons (Fsp3) is 0.639. The highest BCUT2D eigenvalue weighted by molar-refractivity contribution is 7.89. The maximum Gasteiger partial charge on any atom is 0.306 e. The average molecular weight is 672 g/mol. The fourth-order valence-electron chi connectivity index (χ4n) is 7.76. The molecular weight excluding hydrogens is 622 g/mol. The predicted molar refractivity (Wildman–Crippen MR) is 173 cm³/mol. The zero-order valence-electron chi connectivity index (χ0n) is 27.2. The van der Waals surface area contributed by atoms with Crippen molar-refractivity contribution in [2.45, 2.75) is 94.4 Å². The number of benzene rings is 2. The lowest BCUT2D eigenvalue weighted by Crippen LogP contribution is -2.42. The Morgan fingerprint density at radius 2 is 1.77 bits per heavy atom. The summed E-state index contributed by atoms with van der Waals surface area (Å²) in [6.45, 7) is 3.38. The van der Waals surface area contributed by atoms with Gasteiger partial charge in [-0.15, -0.1) is 0 Å². The summed E-state index contributed by atoms with van der Waals surface area (Å²) in [6, 6.07) is 14.5. The number of esters is 1. The maximum absolute atomic E-state index is 14.3. The standard InChI is InChI=1S/C36H49NO9S/c1-24(38)26-12-13-33-28(17-26)21-43-15-9-4-2-3-8-14-37(47(33,41)42)20-32(39)27(16-25-10-6-5-7-11-25)19-34(40)46-35-29-18-30-31(35)23-45-36(30)44-22-29/h5-7,10-13,17,24,27,29-32,35-36,38-39H,2-4,8-9,14-16,18-23H2,1H3/t24-,27-,29?,30?,31-,32-,35+,36+/m1/s1. The van der Waals surface area contributed by atoms with Crippen LogP contribution in [-0.4, -0.2) is 80.3 Å². The van der Waals surface area contributed by atoms with Gasteiger partial charge in [-0.3, -0.25) is 4.79 Å². The van der Waals surface area contributed by atoms with Crippen molar-refractivity contribution in [1.82, 2.24) is 4.31 Å². The first kappa shape index (κ1) is 34.5. The van der Waals surface area contributed by atoms with Crippen LogP contribution in [0.5, 0.6) is 0 Å². The van der Waals surface area contributed by atoms with Gasteiger partial charge in [0.25, 0.3) is 0 Å². The lowest BCUT2D eigenvalue weighted by molar-refractivity contribution is -0.178. The summed E-state index contributed by atoms with van der Waals surface area (Å²) in [4.78, 5) is 13.7. The molecule has 47 heavy (non-hydrogen) atoms. The number of fused-ring (bicyclic) bond motifs is 2. The van der Waals surface area contributed by atoms with Gasteiger partial charge in [-0.2, -0.15) is 4.31 Å². The Hall–Kier alpha value is -2.38. The molecule has 11 heteroatoms. The van der Waals surface area contributed by atoms with Crippen molar-refractivity contribution in [2.24, 2.45) is 23.7 Å². The summed E-state index contributed by atoms with van der Waals surface area (Å²) in [5.41, 5.74) is 2.04. The zero-order valence-corrected chi connectivity index (χ0v) is 28.1. The molecule has 4 aliphatic rings. The third kappa shape index (κ3) is 8.09. The van der Waals surface area contributed by atoms with Gasteiger partial charge < -0.3 is 29.2 Å². The van der Waals surface area contributed by atoms with Crippen molar-refractivity contribution in [3.8, 4) is 0 Å². The lowest BCUT2D eigenvalue weighted by Gasteiger charge is -2.31. The number of aliphatic hydroxyl groups is 2. The number of rotatable bonds is 9. The van der Waals surface area contributed by atoms with Gasteiger partial charge in [0.05, 0.1) is 43.3 Å². The molecule has 258 valence electrons. The summed E-state index contributed by atoms with van der Waals surface area (Å²) in [7, 11) is -4.06. The number of sulfonamides is 1. The van der Waals surface area contributed by atoms with Gasteiger partial charge in [0.15, 0.2) is 6.29 Å². The van der Waals surface area contributed by atoms with Crippen LogP contribution >= 0.6 is 0 Å². The number of nitrogens with zero attached hydrogens (tertiary/aromatic N) is 1. The second-order valence-electron chi connectivity index (χ2n) is 13.8. The van der Waals surface area contributed by atoms with Gasteiger partial charge in [0.2, 0.25) is 10.0 Å². The largest absolute Gasteiger partial charge is 0.462 e. The van der Waals surface area contributed by atoms with Crippen molar-refractivity contribution in [3.63, 3.8) is 0 Å². The Morgan fingerprint density at radius 3 is 2.57 bits per heavy atom. The molecule has 2 N–H and O–H groups in total. The van der Waals surface area contributed by atoms with Gasteiger partial charge in [-0.1, -0.05) is 55.7 Å². The highest BCUT2D eigenvalue weighted by Crippen LogP contribution is 2.49.